The summed E-state index contributed by atoms with van der Waals surface area (Å²) in [5, 5.41) is 0. The third kappa shape index (κ3) is 2.24. The van der Waals surface area contributed by atoms with Crippen LogP contribution in [-0.2, 0) is 4.74 Å². The van der Waals surface area contributed by atoms with Gasteiger partial charge in [-0.25, -0.2) is 13.2 Å². The zero-order valence-electron chi connectivity index (χ0n) is 10.2. The highest BCUT2D eigenvalue weighted by Gasteiger charge is 2.39. The van der Waals surface area contributed by atoms with Gasteiger partial charge in [-0.3, -0.25) is 0 Å². The smallest absolute Gasteiger partial charge is 0.194 e. The molecular weight excluding hydrogens is 243 g/mol. The lowest BCUT2D eigenvalue weighted by Crippen LogP contribution is -2.42. The zero-order chi connectivity index (χ0) is 13.3. The standard InChI is InChI=1S/C13H16F3NO/c1-18-13(5-2-6-13)7-10(17)8-3-4-9(14)12(16)11(8)15/h3-4,10H,2,5-7,17H2,1H3. The van der Waals surface area contributed by atoms with Crippen LogP contribution in [0.15, 0.2) is 12.1 Å². The number of methoxy groups -OCH3 is 1. The highest BCUT2D eigenvalue weighted by molar-refractivity contribution is 5.24. The summed E-state index contributed by atoms with van der Waals surface area (Å²) in [4.78, 5) is 0. The second-order valence-corrected chi connectivity index (χ2v) is 4.82. The van der Waals surface area contributed by atoms with Crippen molar-refractivity contribution in [3.63, 3.8) is 0 Å². The van der Waals surface area contributed by atoms with Crippen molar-refractivity contribution in [1.82, 2.24) is 0 Å². The van der Waals surface area contributed by atoms with Gasteiger partial charge >= 0.3 is 0 Å². The fourth-order valence-corrected chi connectivity index (χ4v) is 2.40. The van der Waals surface area contributed by atoms with E-state index >= 15 is 0 Å². The van der Waals surface area contributed by atoms with Crippen LogP contribution in [-0.4, -0.2) is 12.7 Å². The summed E-state index contributed by atoms with van der Waals surface area (Å²) >= 11 is 0. The van der Waals surface area contributed by atoms with Crippen LogP contribution in [0.25, 0.3) is 0 Å². The maximum absolute atomic E-state index is 13.6. The second kappa shape index (κ2) is 4.90. The van der Waals surface area contributed by atoms with Crippen LogP contribution in [0.2, 0.25) is 0 Å². The number of rotatable bonds is 4. The number of halogens is 3. The molecule has 100 valence electrons. The molecule has 0 saturated heterocycles. The molecular formula is C13H16F3NO. The van der Waals surface area contributed by atoms with E-state index in [-0.39, 0.29) is 11.2 Å². The topological polar surface area (TPSA) is 35.2 Å². The normalized spacial score (nSPS) is 19.4. The molecule has 1 aromatic carbocycles. The van der Waals surface area contributed by atoms with Gasteiger partial charge in [0.2, 0.25) is 0 Å². The summed E-state index contributed by atoms with van der Waals surface area (Å²) in [6, 6.07) is 1.40. The van der Waals surface area contributed by atoms with Crippen molar-refractivity contribution in [2.75, 3.05) is 7.11 Å². The molecule has 0 radical (unpaired) electrons. The van der Waals surface area contributed by atoms with Crippen molar-refractivity contribution < 1.29 is 17.9 Å². The van der Waals surface area contributed by atoms with Crippen LogP contribution in [0.3, 0.4) is 0 Å². The molecule has 2 rings (SSSR count). The molecule has 1 atom stereocenters. The summed E-state index contributed by atoms with van der Waals surface area (Å²) in [7, 11) is 1.59. The molecule has 0 spiro atoms. The first-order chi connectivity index (χ1) is 8.49. The molecule has 1 saturated carbocycles. The molecule has 0 amide bonds. The lowest BCUT2D eigenvalue weighted by Gasteiger charge is -2.42. The average molecular weight is 259 g/mol. The van der Waals surface area contributed by atoms with Crippen LogP contribution in [0, 0.1) is 17.5 Å². The fourth-order valence-electron chi connectivity index (χ4n) is 2.40. The molecule has 0 bridgehead atoms. The predicted octanol–water partition coefficient (Wildman–Crippen LogP) is 3.06. The Bertz CT molecular complexity index is 441. The maximum atomic E-state index is 13.6. The summed E-state index contributed by atoms with van der Waals surface area (Å²) in [6.07, 6.45) is 3.18. The van der Waals surface area contributed by atoms with E-state index in [1.54, 1.807) is 7.11 Å². The first-order valence-electron chi connectivity index (χ1n) is 5.93. The largest absolute Gasteiger partial charge is 0.378 e. The van der Waals surface area contributed by atoms with Gasteiger partial charge in [-0.2, -0.15) is 0 Å². The Hall–Kier alpha value is -1.07. The minimum absolute atomic E-state index is 0.00257. The predicted molar refractivity (Wildman–Crippen MR) is 61.5 cm³/mol. The zero-order valence-corrected chi connectivity index (χ0v) is 10.2. The van der Waals surface area contributed by atoms with Gasteiger partial charge in [0.15, 0.2) is 17.5 Å². The SMILES string of the molecule is COC1(CC(N)c2ccc(F)c(F)c2F)CCC1. The van der Waals surface area contributed by atoms with Gasteiger partial charge in [-0.1, -0.05) is 6.07 Å². The van der Waals surface area contributed by atoms with Crippen molar-refractivity contribution in [1.29, 1.82) is 0 Å². The molecule has 1 fully saturated rings. The number of nitrogens with two attached hydrogens (primary N) is 1. The summed E-state index contributed by atoms with van der Waals surface area (Å²) < 4.78 is 44.9. The fraction of sp³-hybridized carbons (Fsp3) is 0.538. The van der Waals surface area contributed by atoms with E-state index in [4.69, 9.17) is 10.5 Å². The average Bonchev–Trinajstić information content (AvgIpc) is 2.31. The first-order valence-corrected chi connectivity index (χ1v) is 5.93. The van der Waals surface area contributed by atoms with Crippen molar-refractivity contribution in [2.24, 2.45) is 5.73 Å². The van der Waals surface area contributed by atoms with Crippen LogP contribution in [0.1, 0.15) is 37.3 Å². The van der Waals surface area contributed by atoms with Crippen LogP contribution < -0.4 is 5.73 Å². The van der Waals surface area contributed by atoms with Gasteiger partial charge in [0, 0.05) is 18.7 Å². The Morgan fingerprint density at radius 3 is 2.44 bits per heavy atom. The minimum Gasteiger partial charge on any atom is -0.378 e. The van der Waals surface area contributed by atoms with E-state index in [2.05, 4.69) is 0 Å². The highest BCUT2D eigenvalue weighted by Crippen LogP contribution is 2.41. The lowest BCUT2D eigenvalue weighted by atomic mass is 9.75. The molecule has 1 aromatic rings. The molecule has 1 aliphatic carbocycles. The molecule has 5 heteroatoms. The Balaban J connectivity index is 2.19. The molecule has 0 aliphatic heterocycles. The van der Waals surface area contributed by atoms with Crippen molar-refractivity contribution >= 4 is 0 Å². The number of hydrogen-bond donors (Lipinski definition) is 1. The van der Waals surface area contributed by atoms with Gasteiger partial charge in [-0.05, 0) is 31.7 Å². The summed E-state index contributed by atoms with van der Waals surface area (Å²) in [5.74, 6) is -3.87. The molecule has 2 nitrogen and oxygen atoms in total. The number of benzene rings is 1. The molecule has 0 heterocycles. The van der Waals surface area contributed by atoms with Gasteiger partial charge in [0.05, 0.1) is 5.60 Å². The summed E-state index contributed by atoms with van der Waals surface area (Å²) in [6.45, 7) is 0. The molecule has 2 N–H and O–H groups in total. The van der Waals surface area contributed by atoms with Gasteiger partial charge < -0.3 is 10.5 Å². The Kier molecular flexibility index (Phi) is 3.64. The Morgan fingerprint density at radius 1 is 1.28 bits per heavy atom. The van der Waals surface area contributed by atoms with E-state index in [9.17, 15) is 13.2 Å². The van der Waals surface area contributed by atoms with E-state index in [0.717, 1.165) is 25.3 Å². The molecule has 18 heavy (non-hydrogen) atoms. The Labute approximate surface area is 104 Å². The van der Waals surface area contributed by atoms with E-state index < -0.39 is 23.5 Å². The first kappa shape index (κ1) is 13.4. The molecule has 1 unspecified atom stereocenters. The monoisotopic (exact) mass is 259 g/mol. The third-order valence-corrected chi connectivity index (χ3v) is 3.75. The maximum Gasteiger partial charge on any atom is 0.194 e. The van der Waals surface area contributed by atoms with Crippen LogP contribution in [0.4, 0.5) is 13.2 Å². The van der Waals surface area contributed by atoms with Gasteiger partial charge in [0.1, 0.15) is 0 Å². The number of ether oxygens (including phenoxy) is 1. The van der Waals surface area contributed by atoms with Crippen molar-refractivity contribution in [3.05, 3.63) is 35.1 Å². The van der Waals surface area contributed by atoms with Crippen LogP contribution in [0.5, 0.6) is 0 Å². The van der Waals surface area contributed by atoms with Gasteiger partial charge in [-0.15, -0.1) is 0 Å². The van der Waals surface area contributed by atoms with E-state index in [1.807, 2.05) is 0 Å². The highest BCUT2D eigenvalue weighted by atomic mass is 19.2. The molecule has 0 aromatic heterocycles. The minimum atomic E-state index is -1.47. The lowest BCUT2D eigenvalue weighted by molar-refractivity contribution is -0.0818. The third-order valence-electron chi connectivity index (χ3n) is 3.75. The van der Waals surface area contributed by atoms with Crippen molar-refractivity contribution in [3.8, 4) is 0 Å². The molecule has 1 aliphatic rings. The quantitative estimate of drug-likeness (QED) is 0.843. The van der Waals surface area contributed by atoms with Crippen LogP contribution >= 0.6 is 0 Å². The van der Waals surface area contributed by atoms with E-state index in [0.29, 0.717) is 6.42 Å². The van der Waals surface area contributed by atoms with Crippen molar-refractivity contribution in [2.45, 2.75) is 37.3 Å². The van der Waals surface area contributed by atoms with E-state index in [1.165, 1.54) is 6.07 Å². The Morgan fingerprint density at radius 2 is 1.94 bits per heavy atom. The summed E-state index contributed by atoms with van der Waals surface area (Å²) in [5.41, 5.74) is 5.54. The van der Waals surface area contributed by atoms with Gasteiger partial charge in [0.25, 0.3) is 0 Å². The second-order valence-electron chi connectivity index (χ2n) is 4.82. The number of hydrogen-bond acceptors (Lipinski definition) is 2.